The fraction of sp³-hybridized carbons (Fsp3) is 0.292. The number of anilines is 2. The van der Waals surface area contributed by atoms with Crippen LogP contribution in [0.1, 0.15) is 41.6 Å². The molecule has 1 aliphatic rings. The molecule has 1 aliphatic carbocycles. The van der Waals surface area contributed by atoms with Crippen LogP contribution in [0.3, 0.4) is 0 Å². The smallest absolute Gasteiger partial charge is 0.255 e. The molecule has 33 heavy (non-hydrogen) atoms. The van der Waals surface area contributed by atoms with Crippen LogP contribution >= 0.6 is 11.6 Å². The van der Waals surface area contributed by atoms with E-state index in [9.17, 15) is 4.79 Å². The van der Waals surface area contributed by atoms with E-state index in [1.165, 1.54) is 0 Å². The number of rotatable bonds is 6. The highest BCUT2D eigenvalue weighted by Crippen LogP contribution is 2.33. The number of carbonyl (C=O) groups excluding carboxylic acids is 1. The molecule has 8 nitrogen and oxygen atoms in total. The van der Waals surface area contributed by atoms with Gasteiger partial charge >= 0.3 is 0 Å². The summed E-state index contributed by atoms with van der Waals surface area (Å²) < 4.78 is 7.28. The molecule has 3 N–H and O–H groups in total. The molecule has 0 radical (unpaired) electrons. The maximum absolute atomic E-state index is 12.8. The minimum atomic E-state index is -0.103. The summed E-state index contributed by atoms with van der Waals surface area (Å²) in [6.07, 6.45) is 8.01. The predicted octanol–water partition coefficient (Wildman–Crippen LogP) is 5.14. The number of methoxy groups -OCH3 is 1. The fourth-order valence-corrected chi connectivity index (χ4v) is 4.53. The summed E-state index contributed by atoms with van der Waals surface area (Å²) in [5.74, 6) is 1.09. The first-order chi connectivity index (χ1) is 16.0. The van der Waals surface area contributed by atoms with Gasteiger partial charge in [-0.05, 0) is 44.0 Å². The minimum Gasteiger partial charge on any atom is -0.496 e. The third-order valence-electron chi connectivity index (χ3n) is 6.09. The maximum Gasteiger partial charge on any atom is 0.255 e. The molecule has 2 heterocycles. The molecule has 0 saturated heterocycles. The van der Waals surface area contributed by atoms with Crippen LogP contribution in [0.25, 0.3) is 16.6 Å². The van der Waals surface area contributed by atoms with E-state index < -0.39 is 0 Å². The molecule has 2 aromatic carbocycles. The number of hydrogen-bond acceptors (Lipinski definition) is 5. The Balaban J connectivity index is 1.39. The van der Waals surface area contributed by atoms with Crippen LogP contribution in [0.2, 0.25) is 5.02 Å². The lowest BCUT2D eigenvalue weighted by atomic mass is 10.1. The molecule has 1 saturated carbocycles. The van der Waals surface area contributed by atoms with Gasteiger partial charge in [0, 0.05) is 29.3 Å². The number of amides is 1. The number of fused-ring (bicyclic) bond motifs is 1. The van der Waals surface area contributed by atoms with E-state index in [1.54, 1.807) is 24.1 Å². The normalized spacial score (nSPS) is 14.0. The molecular formula is C24H25ClN6O2. The van der Waals surface area contributed by atoms with E-state index in [4.69, 9.17) is 16.3 Å². The van der Waals surface area contributed by atoms with Crippen LogP contribution in [0, 0.1) is 6.92 Å². The summed E-state index contributed by atoms with van der Waals surface area (Å²) in [7, 11) is 1.57. The highest BCUT2D eigenvalue weighted by Gasteiger charge is 2.21. The first kappa shape index (κ1) is 21.3. The Bertz CT molecular complexity index is 1320. The van der Waals surface area contributed by atoms with Crippen molar-refractivity contribution in [2.45, 2.75) is 38.6 Å². The van der Waals surface area contributed by atoms with Gasteiger partial charge in [-0.1, -0.05) is 24.4 Å². The van der Waals surface area contributed by atoms with Crippen molar-refractivity contribution in [1.82, 2.24) is 25.3 Å². The van der Waals surface area contributed by atoms with Gasteiger partial charge in [-0.2, -0.15) is 5.10 Å². The zero-order valence-electron chi connectivity index (χ0n) is 18.5. The van der Waals surface area contributed by atoms with Crippen LogP contribution in [0.4, 0.5) is 11.5 Å². The molecular weight excluding hydrogens is 440 g/mol. The maximum atomic E-state index is 12.8. The highest BCUT2D eigenvalue weighted by atomic mass is 35.5. The van der Waals surface area contributed by atoms with E-state index in [-0.39, 0.29) is 11.9 Å². The highest BCUT2D eigenvalue weighted by molar-refractivity contribution is 6.38. The molecule has 170 valence electrons. The lowest BCUT2D eigenvalue weighted by Crippen LogP contribution is -2.32. The summed E-state index contributed by atoms with van der Waals surface area (Å²) >= 11 is 6.54. The quantitative estimate of drug-likeness (QED) is 0.367. The standard InChI is InChI=1S/C24H25ClN6O2/c1-14-13-31(30-23(14)28-20-10-9-19-18(22(20)25)12-26-29-19)16-7-8-17(21(11-16)33-2)24(32)27-15-5-3-4-6-15/h7-13,15H,3-6H2,1-2H3,(H,26,29)(H,27,32)(H,28,30). The van der Waals surface area contributed by atoms with Gasteiger partial charge in [-0.15, -0.1) is 5.10 Å². The van der Waals surface area contributed by atoms with Crippen molar-refractivity contribution in [3.05, 3.63) is 58.9 Å². The average Bonchev–Trinajstić information content (AvgIpc) is 3.57. The van der Waals surface area contributed by atoms with Crippen molar-refractivity contribution < 1.29 is 9.53 Å². The number of halogens is 1. The number of ether oxygens (including phenoxy) is 1. The largest absolute Gasteiger partial charge is 0.496 e. The fourth-order valence-electron chi connectivity index (χ4n) is 4.27. The Morgan fingerprint density at radius 2 is 2.06 bits per heavy atom. The number of aromatic nitrogens is 4. The number of aromatic amines is 1. The summed E-state index contributed by atoms with van der Waals surface area (Å²) in [6.45, 7) is 1.97. The van der Waals surface area contributed by atoms with E-state index in [1.807, 2.05) is 37.4 Å². The molecule has 5 rings (SSSR count). The van der Waals surface area contributed by atoms with Gasteiger partial charge in [0.2, 0.25) is 0 Å². The van der Waals surface area contributed by atoms with Crippen LogP contribution in [-0.2, 0) is 0 Å². The number of H-pyrrole nitrogens is 1. The van der Waals surface area contributed by atoms with E-state index in [0.717, 1.165) is 53.5 Å². The van der Waals surface area contributed by atoms with Gasteiger partial charge in [-0.3, -0.25) is 9.89 Å². The van der Waals surface area contributed by atoms with E-state index in [2.05, 4.69) is 25.9 Å². The van der Waals surface area contributed by atoms with Crippen molar-refractivity contribution in [3.63, 3.8) is 0 Å². The molecule has 0 bridgehead atoms. The first-order valence-corrected chi connectivity index (χ1v) is 11.4. The summed E-state index contributed by atoms with van der Waals surface area (Å²) in [4.78, 5) is 12.8. The minimum absolute atomic E-state index is 0.103. The number of nitrogens with zero attached hydrogens (tertiary/aromatic N) is 3. The number of benzene rings is 2. The summed E-state index contributed by atoms with van der Waals surface area (Å²) in [5, 5.41) is 19.5. The van der Waals surface area contributed by atoms with Crippen LogP contribution in [0.15, 0.2) is 42.7 Å². The Morgan fingerprint density at radius 1 is 1.24 bits per heavy atom. The Kier molecular flexibility index (Phi) is 5.68. The van der Waals surface area contributed by atoms with Crippen molar-refractivity contribution in [2.24, 2.45) is 0 Å². The molecule has 1 fully saturated rings. The lowest BCUT2D eigenvalue weighted by Gasteiger charge is -2.15. The van der Waals surface area contributed by atoms with Crippen molar-refractivity contribution in [2.75, 3.05) is 12.4 Å². The second-order valence-electron chi connectivity index (χ2n) is 8.33. The number of hydrogen-bond donors (Lipinski definition) is 3. The molecule has 0 atom stereocenters. The molecule has 1 amide bonds. The van der Waals surface area contributed by atoms with Crippen molar-refractivity contribution >= 4 is 39.9 Å². The van der Waals surface area contributed by atoms with Crippen LogP contribution in [-0.4, -0.2) is 39.0 Å². The SMILES string of the molecule is COc1cc(-n2cc(C)c(Nc3ccc4[nH]ncc4c3Cl)n2)ccc1C(=O)NC1CCCC1. The molecule has 0 aliphatic heterocycles. The third kappa shape index (κ3) is 4.14. The number of aryl methyl sites for hydroxylation is 1. The monoisotopic (exact) mass is 464 g/mol. The van der Waals surface area contributed by atoms with Gasteiger partial charge in [-0.25, -0.2) is 4.68 Å². The summed E-state index contributed by atoms with van der Waals surface area (Å²) in [6, 6.07) is 9.53. The second kappa shape index (κ2) is 8.78. The second-order valence-corrected chi connectivity index (χ2v) is 8.71. The van der Waals surface area contributed by atoms with E-state index in [0.29, 0.717) is 22.2 Å². The molecule has 4 aromatic rings. The number of carbonyl (C=O) groups is 1. The average molecular weight is 465 g/mol. The Labute approximate surface area is 196 Å². The van der Waals surface area contributed by atoms with Crippen LogP contribution < -0.4 is 15.4 Å². The van der Waals surface area contributed by atoms with Gasteiger partial charge in [0.1, 0.15) is 5.75 Å². The molecule has 2 aromatic heterocycles. The lowest BCUT2D eigenvalue weighted by molar-refractivity contribution is 0.0935. The topological polar surface area (TPSA) is 96.9 Å². The van der Waals surface area contributed by atoms with Crippen LogP contribution in [0.5, 0.6) is 5.75 Å². The van der Waals surface area contributed by atoms with Gasteiger partial charge in [0.05, 0.1) is 40.8 Å². The zero-order chi connectivity index (χ0) is 22.9. The van der Waals surface area contributed by atoms with Gasteiger partial charge in [0.25, 0.3) is 5.91 Å². The van der Waals surface area contributed by atoms with Gasteiger partial charge < -0.3 is 15.4 Å². The molecule has 0 spiro atoms. The summed E-state index contributed by atoms with van der Waals surface area (Å²) in [5.41, 5.74) is 3.88. The number of nitrogens with one attached hydrogen (secondary N) is 3. The first-order valence-electron chi connectivity index (χ1n) is 11.0. The Hall–Kier alpha value is -3.52. The van der Waals surface area contributed by atoms with Crippen molar-refractivity contribution in [3.8, 4) is 11.4 Å². The predicted molar refractivity (Wildman–Crippen MR) is 129 cm³/mol. The van der Waals surface area contributed by atoms with Crippen molar-refractivity contribution in [1.29, 1.82) is 0 Å². The third-order valence-corrected chi connectivity index (χ3v) is 6.50. The molecule has 0 unspecified atom stereocenters. The zero-order valence-corrected chi connectivity index (χ0v) is 19.2. The Morgan fingerprint density at radius 3 is 2.85 bits per heavy atom. The van der Waals surface area contributed by atoms with E-state index >= 15 is 0 Å². The van der Waals surface area contributed by atoms with Gasteiger partial charge in [0.15, 0.2) is 5.82 Å². The molecule has 9 heteroatoms.